The number of ether oxygens (including phenoxy) is 1. The Hall–Kier alpha value is -1.63. The number of nitrogens with zero attached hydrogens (tertiary/aromatic N) is 3. The van der Waals surface area contributed by atoms with Crippen molar-refractivity contribution in [1.82, 2.24) is 20.8 Å². The molecule has 2 N–H and O–H groups in total. The molecule has 0 spiro atoms. The van der Waals surface area contributed by atoms with Crippen molar-refractivity contribution >= 4 is 5.96 Å². The van der Waals surface area contributed by atoms with Crippen LogP contribution in [0.4, 0.5) is 0 Å². The van der Waals surface area contributed by atoms with Crippen LogP contribution in [0.1, 0.15) is 18.1 Å². The van der Waals surface area contributed by atoms with Crippen LogP contribution in [0.2, 0.25) is 0 Å². The van der Waals surface area contributed by atoms with Gasteiger partial charge in [0.25, 0.3) is 0 Å². The lowest BCUT2D eigenvalue weighted by atomic mass is 10.3. The molecule has 0 radical (unpaired) electrons. The van der Waals surface area contributed by atoms with Gasteiger partial charge in [0, 0.05) is 33.7 Å². The molecule has 0 saturated heterocycles. The van der Waals surface area contributed by atoms with Crippen molar-refractivity contribution in [3.63, 3.8) is 0 Å². The average Bonchev–Trinajstić information content (AvgIpc) is 2.78. The summed E-state index contributed by atoms with van der Waals surface area (Å²) in [5.74, 6) is 2.13. The Morgan fingerprint density at radius 1 is 1.39 bits per heavy atom. The van der Waals surface area contributed by atoms with Crippen LogP contribution in [0.25, 0.3) is 0 Å². The summed E-state index contributed by atoms with van der Waals surface area (Å²) in [6, 6.07) is 0. The Balaban J connectivity index is 2.12. The molecule has 1 heterocycles. The highest BCUT2D eigenvalue weighted by molar-refractivity contribution is 5.79. The van der Waals surface area contributed by atoms with Crippen molar-refractivity contribution in [3.05, 3.63) is 11.7 Å². The molecule has 102 valence electrons. The van der Waals surface area contributed by atoms with Gasteiger partial charge in [-0.15, -0.1) is 0 Å². The van der Waals surface area contributed by atoms with E-state index in [1.165, 1.54) is 0 Å². The molecule has 0 unspecified atom stereocenters. The maximum Gasteiger partial charge on any atom is 0.226 e. The van der Waals surface area contributed by atoms with E-state index < -0.39 is 0 Å². The van der Waals surface area contributed by atoms with Gasteiger partial charge in [0.1, 0.15) is 0 Å². The molecule has 0 aromatic carbocycles. The van der Waals surface area contributed by atoms with Crippen molar-refractivity contribution < 1.29 is 9.26 Å². The lowest BCUT2D eigenvalue weighted by Gasteiger charge is -2.10. The highest BCUT2D eigenvalue weighted by atomic mass is 16.5. The van der Waals surface area contributed by atoms with E-state index in [1.807, 2.05) is 6.92 Å². The Morgan fingerprint density at radius 3 is 2.78 bits per heavy atom. The monoisotopic (exact) mass is 255 g/mol. The van der Waals surface area contributed by atoms with E-state index in [9.17, 15) is 0 Å². The molecule has 7 heteroatoms. The van der Waals surface area contributed by atoms with Crippen LogP contribution in [0.15, 0.2) is 9.52 Å². The summed E-state index contributed by atoms with van der Waals surface area (Å²) in [4.78, 5) is 8.24. The number of guanidine groups is 1. The molecule has 0 aliphatic heterocycles. The summed E-state index contributed by atoms with van der Waals surface area (Å²) < 4.78 is 9.98. The maximum absolute atomic E-state index is 5.03. The van der Waals surface area contributed by atoms with Crippen molar-refractivity contribution in [2.75, 3.05) is 33.9 Å². The Morgan fingerprint density at radius 2 is 2.17 bits per heavy atom. The number of rotatable bonds is 7. The minimum Gasteiger partial charge on any atom is -0.383 e. The SMILES string of the molecule is CN=C(NCCCc1nc(C)no1)NCCOC. The highest BCUT2D eigenvalue weighted by Gasteiger charge is 2.02. The standard InChI is InChI=1S/C11H21N5O2/c1-9-15-10(18-16-9)5-4-6-13-11(12-2)14-7-8-17-3/h4-8H2,1-3H3,(H2,12,13,14). The van der Waals surface area contributed by atoms with Gasteiger partial charge in [-0.1, -0.05) is 5.16 Å². The molecule has 1 aromatic heterocycles. The maximum atomic E-state index is 5.03. The number of hydrogen-bond donors (Lipinski definition) is 2. The third-order valence-corrected chi connectivity index (χ3v) is 2.25. The van der Waals surface area contributed by atoms with Crippen LogP contribution in [0.3, 0.4) is 0 Å². The zero-order chi connectivity index (χ0) is 13.2. The van der Waals surface area contributed by atoms with Crippen LogP contribution in [-0.2, 0) is 11.2 Å². The summed E-state index contributed by atoms with van der Waals surface area (Å²) in [7, 11) is 3.41. The summed E-state index contributed by atoms with van der Waals surface area (Å²) in [6.45, 7) is 4.00. The molecule has 1 rings (SSSR count). The van der Waals surface area contributed by atoms with Crippen molar-refractivity contribution in [2.45, 2.75) is 19.8 Å². The number of aromatic nitrogens is 2. The first-order valence-electron chi connectivity index (χ1n) is 5.99. The smallest absolute Gasteiger partial charge is 0.226 e. The van der Waals surface area contributed by atoms with Gasteiger partial charge in [0.2, 0.25) is 5.89 Å². The fourth-order valence-electron chi connectivity index (χ4n) is 1.38. The van der Waals surface area contributed by atoms with Gasteiger partial charge in [-0.2, -0.15) is 4.98 Å². The minimum absolute atomic E-state index is 0.655. The molecular weight excluding hydrogens is 234 g/mol. The molecule has 0 aliphatic rings. The largest absolute Gasteiger partial charge is 0.383 e. The second-order valence-electron chi connectivity index (χ2n) is 3.76. The Bertz CT molecular complexity index is 364. The van der Waals surface area contributed by atoms with Crippen LogP contribution in [-0.4, -0.2) is 50.0 Å². The van der Waals surface area contributed by atoms with E-state index in [-0.39, 0.29) is 0 Å². The summed E-state index contributed by atoms with van der Waals surface area (Å²) in [5, 5.41) is 10.1. The second kappa shape index (κ2) is 8.46. The molecule has 0 amide bonds. The van der Waals surface area contributed by atoms with Crippen LogP contribution < -0.4 is 10.6 Å². The molecule has 0 atom stereocenters. The fourth-order valence-corrected chi connectivity index (χ4v) is 1.38. The zero-order valence-corrected chi connectivity index (χ0v) is 11.2. The molecule has 7 nitrogen and oxygen atoms in total. The highest BCUT2D eigenvalue weighted by Crippen LogP contribution is 1.98. The number of nitrogens with one attached hydrogen (secondary N) is 2. The molecule has 0 bridgehead atoms. The zero-order valence-electron chi connectivity index (χ0n) is 11.2. The Kier molecular flexibility index (Phi) is 6.78. The third kappa shape index (κ3) is 5.62. The van der Waals surface area contributed by atoms with E-state index in [1.54, 1.807) is 14.2 Å². The van der Waals surface area contributed by atoms with E-state index >= 15 is 0 Å². The van der Waals surface area contributed by atoms with E-state index in [0.29, 0.717) is 18.3 Å². The summed E-state index contributed by atoms with van der Waals surface area (Å²) in [6.07, 6.45) is 1.68. The molecule has 1 aromatic rings. The van der Waals surface area contributed by atoms with Gasteiger partial charge in [-0.3, -0.25) is 4.99 Å². The number of hydrogen-bond acceptors (Lipinski definition) is 5. The molecule has 18 heavy (non-hydrogen) atoms. The van der Waals surface area contributed by atoms with Gasteiger partial charge >= 0.3 is 0 Å². The summed E-state index contributed by atoms with van der Waals surface area (Å²) in [5.41, 5.74) is 0. The van der Waals surface area contributed by atoms with Gasteiger partial charge in [0.15, 0.2) is 11.8 Å². The molecule has 0 aliphatic carbocycles. The first kappa shape index (κ1) is 14.4. The Labute approximate surface area is 107 Å². The van der Waals surface area contributed by atoms with Crippen LogP contribution in [0.5, 0.6) is 0 Å². The van der Waals surface area contributed by atoms with Crippen molar-refractivity contribution in [3.8, 4) is 0 Å². The predicted octanol–water partition coefficient (Wildman–Crippen LogP) is 0.122. The average molecular weight is 255 g/mol. The topological polar surface area (TPSA) is 84.6 Å². The quantitative estimate of drug-likeness (QED) is 0.409. The first-order valence-corrected chi connectivity index (χ1v) is 5.99. The van der Waals surface area contributed by atoms with Gasteiger partial charge in [0.05, 0.1) is 6.61 Å². The van der Waals surface area contributed by atoms with E-state index in [0.717, 1.165) is 31.9 Å². The third-order valence-electron chi connectivity index (χ3n) is 2.25. The lowest BCUT2D eigenvalue weighted by Crippen LogP contribution is -2.39. The van der Waals surface area contributed by atoms with Gasteiger partial charge in [-0.05, 0) is 13.3 Å². The van der Waals surface area contributed by atoms with Gasteiger partial charge in [-0.25, -0.2) is 0 Å². The fraction of sp³-hybridized carbons (Fsp3) is 0.727. The number of aryl methyl sites for hydroxylation is 2. The normalized spacial score (nSPS) is 11.6. The van der Waals surface area contributed by atoms with Crippen molar-refractivity contribution in [2.24, 2.45) is 4.99 Å². The lowest BCUT2D eigenvalue weighted by molar-refractivity contribution is 0.203. The van der Waals surface area contributed by atoms with E-state index in [2.05, 4.69) is 25.8 Å². The number of methoxy groups -OCH3 is 1. The first-order chi connectivity index (χ1) is 8.76. The van der Waals surface area contributed by atoms with Crippen LogP contribution >= 0.6 is 0 Å². The van der Waals surface area contributed by atoms with E-state index in [4.69, 9.17) is 9.26 Å². The summed E-state index contributed by atoms with van der Waals surface area (Å²) >= 11 is 0. The second-order valence-corrected chi connectivity index (χ2v) is 3.76. The van der Waals surface area contributed by atoms with Crippen LogP contribution in [0, 0.1) is 6.92 Å². The molecule has 0 saturated carbocycles. The van der Waals surface area contributed by atoms with Crippen molar-refractivity contribution in [1.29, 1.82) is 0 Å². The minimum atomic E-state index is 0.655. The number of aliphatic imine (C=N–C) groups is 1. The predicted molar refractivity (Wildman–Crippen MR) is 68.6 cm³/mol. The molecular formula is C11H21N5O2. The molecule has 0 fully saturated rings. The van der Waals surface area contributed by atoms with Gasteiger partial charge < -0.3 is 19.9 Å².